The van der Waals surface area contributed by atoms with Crippen LogP contribution in [0.1, 0.15) is 0 Å². The lowest BCUT2D eigenvalue weighted by molar-refractivity contribution is -0.642. The molecule has 2 N–H and O–H groups in total. The van der Waals surface area contributed by atoms with Crippen molar-refractivity contribution in [2.45, 2.75) is 0 Å². The topological polar surface area (TPSA) is 77.0 Å². The monoisotopic (exact) mass is 182 g/mol. The normalized spacial score (nSPS) is 19.2. The summed E-state index contributed by atoms with van der Waals surface area (Å²) in [6.07, 6.45) is 0.604. The van der Waals surface area contributed by atoms with Crippen LogP contribution in [-0.4, -0.2) is 50.9 Å². The maximum atomic E-state index is 9.08. The van der Waals surface area contributed by atoms with Crippen LogP contribution in [0.15, 0.2) is 0 Å². The Labute approximate surface area is 67.1 Å². The van der Waals surface area contributed by atoms with Crippen LogP contribution in [0.25, 0.3) is 0 Å². The number of hydrogen-bond donors (Lipinski definition) is 1. The molecule has 1 fully saturated rings. The minimum Gasteiger partial charge on any atom is -0.748 e. The number of quaternary nitrogens is 1. The molecule has 1 heterocycles. The summed E-state index contributed by atoms with van der Waals surface area (Å²) in [5.74, 6) is 0. The molecule has 0 radical (unpaired) electrons. The summed E-state index contributed by atoms with van der Waals surface area (Å²) in [5.41, 5.74) is 0. The van der Waals surface area contributed by atoms with Crippen LogP contribution in [0.5, 0.6) is 0 Å². The van der Waals surface area contributed by atoms with E-state index in [0.29, 0.717) is 6.26 Å². The lowest BCUT2D eigenvalue weighted by Gasteiger charge is -1.95. The standard InChI is InChI=1S/C4H10N2.CH4O3S/c1-6-3-2-5-4-6;1-5(2,3)4/h5H,2-4H2,1H3;1H3,(H,2,3,4). The van der Waals surface area contributed by atoms with E-state index in [2.05, 4.69) is 17.3 Å². The van der Waals surface area contributed by atoms with Crippen molar-refractivity contribution >= 4 is 10.1 Å². The molecule has 0 saturated carbocycles. The summed E-state index contributed by atoms with van der Waals surface area (Å²) in [7, 11) is -1.77. The fourth-order valence-electron chi connectivity index (χ4n) is 0.715. The first-order valence-electron chi connectivity index (χ1n) is 3.30. The largest absolute Gasteiger partial charge is 0.748 e. The molecule has 0 aliphatic carbocycles. The SMILES string of the molecule is CN1CC[NH2+]C1.CS(=O)(=O)[O-]. The van der Waals surface area contributed by atoms with Gasteiger partial charge in [-0.05, 0) is 7.05 Å². The van der Waals surface area contributed by atoms with Crippen LogP contribution >= 0.6 is 0 Å². The van der Waals surface area contributed by atoms with Crippen molar-refractivity contribution in [2.75, 3.05) is 33.1 Å². The molecule has 0 aromatic rings. The highest BCUT2D eigenvalue weighted by Crippen LogP contribution is 1.74. The van der Waals surface area contributed by atoms with Crippen molar-refractivity contribution in [1.82, 2.24) is 4.90 Å². The fraction of sp³-hybridized carbons (Fsp3) is 1.00. The van der Waals surface area contributed by atoms with Gasteiger partial charge in [-0.2, -0.15) is 0 Å². The molecule has 1 aliphatic rings. The predicted octanol–water partition coefficient (Wildman–Crippen LogP) is -2.39. The number of nitrogens with zero attached hydrogens (tertiary/aromatic N) is 1. The van der Waals surface area contributed by atoms with E-state index in [9.17, 15) is 0 Å². The molecule has 5 nitrogen and oxygen atoms in total. The molecule has 0 bridgehead atoms. The molecule has 0 amide bonds. The Morgan fingerprint density at radius 3 is 2.09 bits per heavy atom. The third-order valence-corrected chi connectivity index (χ3v) is 1.16. The Bertz CT molecular complexity index is 176. The summed E-state index contributed by atoms with van der Waals surface area (Å²) >= 11 is 0. The molecule has 1 aliphatic heterocycles. The summed E-state index contributed by atoms with van der Waals surface area (Å²) in [5, 5.41) is 2.31. The van der Waals surface area contributed by atoms with Gasteiger partial charge in [-0.3, -0.25) is 4.90 Å². The molecule has 1 rings (SSSR count). The molecule has 0 atom stereocenters. The van der Waals surface area contributed by atoms with Crippen LogP contribution in [0, 0.1) is 0 Å². The van der Waals surface area contributed by atoms with Crippen molar-refractivity contribution in [3.8, 4) is 0 Å². The average Bonchev–Trinajstić information content (AvgIpc) is 2.12. The summed E-state index contributed by atoms with van der Waals surface area (Å²) in [6, 6.07) is 0. The summed E-state index contributed by atoms with van der Waals surface area (Å²) in [6.45, 7) is 3.75. The average molecular weight is 182 g/mol. The first kappa shape index (κ1) is 10.8. The van der Waals surface area contributed by atoms with Gasteiger partial charge >= 0.3 is 0 Å². The van der Waals surface area contributed by atoms with E-state index in [1.54, 1.807) is 0 Å². The Balaban J connectivity index is 0.000000187. The second kappa shape index (κ2) is 4.66. The van der Waals surface area contributed by atoms with Crippen LogP contribution in [0.2, 0.25) is 0 Å². The van der Waals surface area contributed by atoms with Gasteiger partial charge in [0, 0.05) is 6.26 Å². The van der Waals surface area contributed by atoms with Crippen LogP contribution in [0.4, 0.5) is 0 Å². The van der Waals surface area contributed by atoms with Gasteiger partial charge in [-0.1, -0.05) is 0 Å². The van der Waals surface area contributed by atoms with E-state index >= 15 is 0 Å². The highest BCUT2D eigenvalue weighted by Gasteiger charge is 2.06. The van der Waals surface area contributed by atoms with Crippen LogP contribution < -0.4 is 5.32 Å². The second-order valence-corrected chi connectivity index (χ2v) is 3.95. The zero-order chi connectivity index (χ0) is 8.91. The maximum Gasteiger partial charge on any atom is 0.131 e. The van der Waals surface area contributed by atoms with E-state index in [1.165, 1.54) is 19.8 Å². The van der Waals surface area contributed by atoms with E-state index in [1.807, 2.05) is 0 Å². The number of rotatable bonds is 0. The minimum absolute atomic E-state index is 0.604. The van der Waals surface area contributed by atoms with Gasteiger partial charge in [0.2, 0.25) is 0 Å². The van der Waals surface area contributed by atoms with Gasteiger partial charge in [0.25, 0.3) is 0 Å². The van der Waals surface area contributed by atoms with E-state index in [0.717, 1.165) is 0 Å². The molecule has 0 aromatic carbocycles. The molecule has 11 heavy (non-hydrogen) atoms. The van der Waals surface area contributed by atoms with Gasteiger partial charge in [0.05, 0.1) is 23.2 Å². The highest BCUT2D eigenvalue weighted by atomic mass is 32.2. The van der Waals surface area contributed by atoms with E-state index in [4.69, 9.17) is 13.0 Å². The van der Waals surface area contributed by atoms with E-state index < -0.39 is 10.1 Å². The van der Waals surface area contributed by atoms with Crippen LogP contribution in [0.3, 0.4) is 0 Å². The Hall–Kier alpha value is -0.170. The van der Waals surface area contributed by atoms with Gasteiger partial charge in [-0.25, -0.2) is 8.42 Å². The Kier molecular flexibility index (Phi) is 4.58. The fourth-order valence-corrected chi connectivity index (χ4v) is 0.715. The summed E-state index contributed by atoms with van der Waals surface area (Å²) < 4.78 is 27.2. The van der Waals surface area contributed by atoms with Crippen molar-refractivity contribution in [3.05, 3.63) is 0 Å². The minimum atomic E-state index is -3.92. The first-order valence-corrected chi connectivity index (χ1v) is 5.12. The van der Waals surface area contributed by atoms with Crippen molar-refractivity contribution in [3.63, 3.8) is 0 Å². The Morgan fingerprint density at radius 2 is 2.00 bits per heavy atom. The van der Waals surface area contributed by atoms with Crippen molar-refractivity contribution in [1.29, 1.82) is 0 Å². The molecular formula is C5H14N2O3S. The third kappa shape index (κ3) is 12.9. The van der Waals surface area contributed by atoms with Crippen molar-refractivity contribution in [2.24, 2.45) is 0 Å². The zero-order valence-electron chi connectivity index (χ0n) is 6.78. The first-order chi connectivity index (χ1) is 4.89. The van der Waals surface area contributed by atoms with Gasteiger partial charge in [0.1, 0.15) is 6.67 Å². The molecule has 0 aromatic heterocycles. The summed E-state index contributed by atoms with van der Waals surface area (Å²) in [4.78, 5) is 2.31. The molecule has 1 saturated heterocycles. The Morgan fingerprint density at radius 1 is 1.55 bits per heavy atom. The highest BCUT2D eigenvalue weighted by molar-refractivity contribution is 7.84. The van der Waals surface area contributed by atoms with Gasteiger partial charge in [0.15, 0.2) is 0 Å². The van der Waals surface area contributed by atoms with Crippen molar-refractivity contribution < 1.29 is 18.3 Å². The quantitative estimate of drug-likeness (QED) is 0.424. The number of likely N-dealkylation sites (N-methyl/N-ethyl adjacent to an activating group) is 1. The second-order valence-electron chi connectivity index (χ2n) is 2.54. The lowest BCUT2D eigenvalue weighted by atomic mass is 10.7. The zero-order valence-corrected chi connectivity index (χ0v) is 7.60. The van der Waals surface area contributed by atoms with E-state index in [-0.39, 0.29) is 0 Å². The number of nitrogens with two attached hydrogens (primary N) is 1. The maximum absolute atomic E-state index is 9.08. The number of hydrogen-bond acceptors (Lipinski definition) is 4. The van der Waals surface area contributed by atoms with Crippen LogP contribution in [-0.2, 0) is 10.1 Å². The van der Waals surface area contributed by atoms with Gasteiger partial charge < -0.3 is 9.87 Å². The smallest absolute Gasteiger partial charge is 0.131 e. The molecular weight excluding hydrogens is 168 g/mol. The molecule has 6 heteroatoms. The lowest BCUT2D eigenvalue weighted by Crippen LogP contribution is -2.82. The molecule has 0 unspecified atom stereocenters. The third-order valence-electron chi connectivity index (χ3n) is 1.16. The molecule has 68 valence electrons. The van der Waals surface area contributed by atoms with Gasteiger partial charge in [-0.15, -0.1) is 0 Å². The molecule has 0 spiro atoms. The predicted molar refractivity (Wildman–Crippen MR) is 39.9 cm³/mol.